The summed E-state index contributed by atoms with van der Waals surface area (Å²) in [7, 11) is 0. The highest BCUT2D eigenvalue weighted by atomic mass is 14.9. The minimum Gasteiger partial charge on any atom is -0.340 e. The van der Waals surface area contributed by atoms with Gasteiger partial charge in [0.2, 0.25) is 0 Å². The molecule has 0 bridgehead atoms. The van der Waals surface area contributed by atoms with Crippen molar-refractivity contribution in [1.29, 1.82) is 5.26 Å². The maximum atomic E-state index is 8.46. The molecule has 3 nitrogen and oxygen atoms in total. The molecule has 0 saturated carbocycles. The van der Waals surface area contributed by atoms with E-state index in [1.54, 1.807) is 0 Å². The molecule has 1 N–H and O–H groups in total. The van der Waals surface area contributed by atoms with Crippen LogP contribution in [0.15, 0.2) is 18.5 Å². The third kappa shape index (κ3) is 3.30. The molecule has 0 aromatic carbocycles. The van der Waals surface area contributed by atoms with Crippen molar-refractivity contribution in [2.75, 3.05) is 6.54 Å². The zero-order chi connectivity index (χ0) is 9.52. The lowest BCUT2D eigenvalue weighted by Crippen LogP contribution is -2.13. The van der Waals surface area contributed by atoms with E-state index in [0.29, 0.717) is 6.54 Å². The molecule has 0 aliphatic heterocycles. The molecule has 0 radical (unpaired) electrons. The van der Waals surface area contributed by atoms with Crippen molar-refractivity contribution < 1.29 is 0 Å². The fourth-order valence-electron chi connectivity index (χ4n) is 1.18. The highest BCUT2D eigenvalue weighted by Crippen LogP contribution is 2.00. The average molecular weight is 177 g/mol. The van der Waals surface area contributed by atoms with Gasteiger partial charge in [0.1, 0.15) is 6.54 Å². The molecule has 1 rings (SSSR count). The molecule has 1 aromatic rings. The number of aromatic nitrogens is 1. The summed E-state index contributed by atoms with van der Waals surface area (Å²) in [5.41, 5.74) is 1.24. The Morgan fingerprint density at radius 2 is 2.46 bits per heavy atom. The van der Waals surface area contributed by atoms with Crippen LogP contribution in [0.2, 0.25) is 0 Å². The number of nitrogens with zero attached hydrogens (tertiary/aromatic N) is 2. The lowest BCUT2D eigenvalue weighted by atomic mass is 10.3. The Morgan fingerprint density at radius 3 is 3.15 bits per heavy atom. The first-order valence-electron chi connectivity index (χ1n) is 4.59. The van der Waals surface area contributed by atoms with Gasteiger partial charge in [-0.3, -0.25) is 0 Å². The first-order chi connectivity index (χ1) is 6.36. The summed E-state index contributed by atoms with van der Waals surface area (Å²) in [4.78, 5) is 0. The van der Waals surface area contributed by atoms with Crippen molar-refractivity contribution in [3.63, 3.8) is 0 Å². The van der Waals surface area contributed by atoms with Crippen LogP contribution in [-0.4, -0.2) is 11.1 Å². The van der Waals surface area contributed by atoms with Gasteiger partial charge < -0.3 is 9.88 Å². The molecule has 1 aromatic heterocycles. The van der Waals surface area contributed by atoms with Crippen molar-refractivity contribution >= 4 is 0 Å². The number of nitriles is 1. The number of hydrogen-bond acceptors (Lipinski definition) is 2. The molecule has 0 atom stereocenters. The molecular formula is C10H15N3. The van der Waals surface area contributed by atoms with E-state index >= 15 is 0 Å². The number of nitrogens with one attached hydrogen (secondary N) is 1. The topological polar surface area (TPSA) is 40.8 Å². The van der Waals surface area contributed by atoms with Crippen LogP contribution in [0.1, 0.15) is 18.9 Å². The predicted octanol–water partition coefficient (Wildman–Crippen LogP) is 1.51. The van der Waals surface area contributed by atoms with Gasteiger partial charge in [0.05, 0.1) is 6.07 Å². The maximum absolute atomic E-state index is 8.46. The Labute approximate surface area is 79.0 Å². The summed E-state index contributed by atoms with van der Waals surface area (Å²) < 4.78 is 1.89. The first kappa shape index (κ1) is 9.82. The molecule has 70 valence electrons. The third-order valence-electron chi connectivity index (χ3n) is 1.82. The maximum Gasteiger partial charge on any atom is 0.109 e. The van der Waals surface area contributed by atoms with Crippen LogP contribution in [0.4, 0.5) is 0 Å². The summed E-state index contributed by atoms with van der Waals surface area (Å²) >= 11 is 0. The molecule has 3 heteroatoms. The van der Waals surface area contributed by atoms with Crippen LogP contribution in [0.5, 0.6) is 0 Å². The van der Waals surface area contributed by atoms with Crippen molar-refractivity contribution in [1.82, 2.24) is 9.88 Å². The van der Waals surface area contributed by atoms with E-state index in [4.69, 9.17) is 5.26 Å². The van der Waals surface area contributed by atoms with Crippen LogP contribution >= 0.6 is 0 Å². The predicted molar refractivity (Wildman–Crippen MR) is 52.0 cm³/mol. The van der Waals surface area contributed by atoms with E-state index in [9.17, 15) is 0 Å². The molecule has 0 aliphatic carbocycles. The summed E-state index contributed by atoms with van der Waals surface area (Å²) in [5.74, 6) is 0. The van der Waals surface area contributed by atoms with E-state index in [2.05, 4.69) is 18.3 Å². The Hall–Kier alpha value is -1.27. The van der Waals surface area contributed by atoms with Gasteiger partial charge >= 0.3 is 0 Å². The van der Waals surface area contributed by atoms with E-state index in [1.807, 2.05) is 23.0 Å². The van der Waals surface area contributed by atoms with Crippen LogP contribution < -0.4 is 5.32 Å². The van der Waals surface area contributed by atoms with Gasteiger partial charge in [-0.1, -0.05) is 6.92 Å². The number of rotatable bonds is 5. The number of hydrogen-bond donors (Lipinski definition) is 1. The Bertz CT molecular complexity index is 283. The van der Waals surface area contributed by atoms with Crippen LogP contribution in [-0.2, 0) is 13.1 Å². The SMILES string of the molecule is CCCNCc1ccn(CC#N)c1. The fourth-order valence-corrected chi connectivity index (χ4v) is 1.18. The van der Waals surface area contributed by atoms with Gasteiger partial charge in [-0.15, -0.1) is 0 Å². The average Bonchev–Trinajstić information content (AvgIpc) is 2.54. The van der Waals surface area contributed by atoms with Crippen molar-refractivity contribution in [3.8, 4) is 6.07 Å². The molecule has 0 unspecified atom stereocenters. The van der Waals surface area contributed by atoms with Crippen molar-refractivity contribution in [3.05, 3.63) is 24.0 Å². The molecule has 0 saturated heterocycles. The summed E-state index contributed by atoms with van der Waals surface area (Å²) in [6.45, 7) is 4.53. The molecule has 0 spiro atoms. The highest BCUT2D eigenvalue weighted by Gasteiger charge is 1.94. The molecule has 0 aliphatic rings. The quantitative estimate of drug-likeness (QED) is 0.693. The minimum atomic E-state index is 0.438. The summed E-state index contributed by atoms with van der Waals surface area (Å²) in [6.07, 6.45) is 5.09. The zero-order valence-corrected chi connectivity index (χ0v) is 7.95. The largest absolute Gasteiger partial charge is 0.340 e. The minimum absolute atomic E-state index is 0.438. The standard InChI is InChI=1S/C10H15N3/c1-2-5-12-8-10-3-6-13(9-10)7-4-11/h3,6,9,12H,2,5,7-8H2,1H3. The third-order valence-corrected chi connectivity index (χ3v) is 1.82. The van der Waals surface area contributed by atoms with Crippen LogP contribution in [0, 0.1) is 11.3 Å². The van der Waals surface area contributed by atoms with E-state index in [-0.39, 0.29) is 0 Å². The monoisotopic (exact) mass is 177 g/mol. The Balaban J connectivity index is 2.36. The normalized spacial score (nSPS) is 9.85. The second-order valence-electron chi connectivity index (χ2n) is 3.03. The van der Waals surface area contributed by atoms with Crippen LogP contribution in [0.25, 0.3) is 0 Å². The van der Waals surface area contributed by atoms with Gasteiger partial charge in [0.15, 0.2) is 0 Å². The van der Waals surface area contributed by atoms with Crippen molar-refractivity contribution in [2.45, 2.75) is 26.4 Å². The van der Waals surface area contributed by atoms with Crippen molar-refractivity contribution in [2.24, 2.45) is 0 Å². The summed E-state index contributed by atoms with van der Waals surface area (Å²) in [5, 5.41) is 11.8. The van der Waals surface area contributed by atoms with Crippen LogP contribution in [0.3, 0.4) is 0 Å². The van der Waals surface area contributed by atoms with Gasteiger partial charge in [-0.25, -0.2) is 0 Å². The Kier molecular flexibility index (Phi) is 4.07. The second-order valence-corrected chi connectivity index (χ2v) is 3.03. The molecule has 1 heterocycles. The summed E-state index contributed by atoms with van der Waals surface area (Å²) in [6, 6.07) is 4.15. The highest BCUT2D eigenvalue weighted by molar-refractivity contribution is 5.10. The van der Waals surface area contributed by atoms with Gasteiger partial charge in [0.25, 0.3) is 0 Å². The Morgan fingerprint density at radius 1 is 1.62 bits per heavy atom. The van der Waals surface area contributed by atoms with Gasteiger partial charge in [0, 0.05) is 18.9 Å². The van der Waals surface area contributed by atoms with Gasteiger partial charge in [-0.05, 0) is 24.6 Å². The van der Waals surface area contributed by atoms with E-state index < -0.39 is 0 Å². The van der Waals surface area contributed by atoms with E-state index in [0.717, 1.165) is 19.5 Å². The smallest absolute Gasteiger partial charge is 0.109 e. The second kappa shape index (κ2) is 5.39. The molecule has 13 heavy (non-hydrogen) atoms. The fraction of sp³-hybridized carbons (Fsp3) is 0.500. The first-order valence-corrected chi connectivity index (χ1v) is 4.59. The lowest BCUT2D eigenvalue weighted by Gasteiger charge is -1.99. The van der Waals surface area contributed by atoms with E-state index in [1.165, 1.54) is 5.56 Å². The molecule has 0 amide bonds. The molecular weight excluding hydrogens is 162 g/mol. The molecule has 0 fully saturated rings. The zero-order valence-electron chi connectivity index (χ0n) is 7.95. The van der Waals surface area contributed by atoms with Gasteiger partial charge in [-0.2, -0.15) is 5.26 Å². The lowest BCUT2D eigenvalue weighted by molar-refractivity contribution is 0.674.